The van der Waals surface area contributed by atoms with Crippen molar-refractivity contribution in [1.82, 2.24) is 0 Å². The number of ether oxygens (including phenoxy) is 1. The van der Waals surface area contributed by atoms with Gasteiger partial charge in [0.05, 0.1) is 6.61 Å². The van der Waals surface area contributed by atoms with Crippen LogP contribution in [0.4, 0.5) is 0 Å². The number of carbonyl (C=O) groups is 2. The van der Waals surface area contributed by atoms with Gasteiger partial charge in [-0.15, -0.1) is 0 Å². The monoisotopic (exact) mass is 297 g/mol. The van der Waals surface area contributed by atoms with Crippen molar-refractivity contribution in [3.05, 3.63) is 71.3 Å². The van der Waals surface area contributed by atoms with Crippen molar-refractivity contribution < 1.29 is 14.3 Å². The molecule has 1 atom stereocenters. The van der Waals surface area contributed by atoms with Gasteiger partial charge in [-0.1, -0.05) is 54.6 Å². The summed E-state index contributed by atoms with van der Waals surface area (Å²) in [6.45, 7) is 2.37. The SMILES string of the molecule is CCOC(=O)C(C(=O)c1ccccc1)c1ccc(CN)cc1. The minimum Gasteiger partial charge on any atom is -0.465 e. The summed E-state index contributed by atoms with van der Waals surface area (Å²) < 4.78 is 5.07. The number of esters is 1. The first-order valence-electron chi connectivity index (χ1n) is 7.22. The van der Waals surface area contributed by atoms with Crippen LogP contribution in [0.25, 0.3) is 0 Å². The number of ketones is 1. The summed E-state index contributed by atoms with van der Waals surface area (Å²) in [4.78, 5) is 24.9. The molecule has 1 unspecified atom stereocenters. The van der Waals surface area contributed by atoms with Crippen LogP contribution in [0, 0.1) is 0 Å². The molecule has 0 aliphatic carbocycles. The van der Waals surface area contributed by atoms with Gasteiger partial charge in [-0.25, -0.2) is 0 Å². The number of benzene rings is 2. The highest BCUT2D eigenvalue weighted by atomic mass is 16.5. The maximum absolute atomic E-state index is 12.7. The summed E-state index contributed by atoms with van der Waals surface area (Å²) in [5.41, 5.74) is 7.62. The first-order chi connectivity index (χ1) is 10.7. The van der Waals surface area contributed by atoms with Crippen LogP contribution >= 0.6 is 0 Å². The van der Waals surface area contributed by atoms with Crippen molar-refractivity contribution in [3.63, 3.8) is 0 Å². The number of hydrogen-bond acceptors (Lipinski definition) is 4. The highest BCUT2D eigenvalue weighted by Gasteiger charge is 2.30. The Morgan fingerprint density at radius 2 is 1.68 bits per heavy atom. The van der Waals surface area contributed by atoms with E-state index in [1.807, 2.05) is 18.2 Å². The van der Waals surface area contributed by atoms with E-state index in [-0.39, 0.29) is 12.4 Å². The van der Waals surface area contributed by atoms with Crippen LogP contribution in [0.2, 0.25) is 0 Å². The Bertz CT molecular complexity index is 635. The largest absolute Gasteiger partial charge is 0.465 e. The zero-order valence-electron chi connectivity index (χ0n) is 12.5. The molecule has 2 aromatic carbocycles. The lowest BCUT2D eigenvalue weighted by molar-refractivity contribution is -0.143. The summed E-state index contributed by atoms with van der Waals surface area (Å²) in [6.07, 6.45) is 0. The van der Waals surface area contributed by atoms with Crippen LogP contribution in [0.3, 0.4) is 0 Å². The summed E-state index contributed by atoms with van der Waals surface area (Å²) in [5, 5.41) is 0. The molecular weight excluding hydrogens is 278 g/mol. The fourth-order valence-corrected chi connectivity index (χ4v) is 2.24. The lowest BCUT2D eigenvalue weighted by Crippen LogP contribution is -2.24. The van der Waals surface area contributed by atoms with Gasteiger partial charge in [-0.05, 0) is 18.1 Å². The van der Waals surface area contributed by atoms with Gasteiger partial charge in [0.15, 0.2) is 5.78 Å². The van der Waals surface area contributed by atoms with E-state index >= 15 is 0 Å². The molecule has 0 aromatic heterocycles. The first kappa shape index (κ1) is 15.9. The molecule has 2 rings (SSSR count). The third kappa shape index (κ3) is 3.59. The first-order valence-corrected chi connectivity index (χ1v) is 7.22. The van der Waals surface area contributed by atoms with Gasteiger partial charge in [0.2, 0.25) is 0 Å². The van der Waals surface area contributed by atoms with E-state index in [9.17, 15) is 9.59 Å². The highest BCUT2D eigenvalue weighted by Crippen LogP contribution is 2.23. The molecule has 4 nitrogen and oxygen atoms in total. The Labute approximate surface area is 129 Å². The summed E-state index contributed by atoms with van der Waals surface area (Å²) in [7, 11) is 0. The van der Waals surface area contributed by atoms with Crippen molar-refractivity contribution in [2.75, 3.05) is 6.61 Å². The minimum atomic E-state index is -0.950. The second kappa shape index (κ2) is 7.52. The van der Waals surface area contributed by atoms with Gasteiger partial charge >= 0.3 is 5.97 Å². The molecule has 0 saturated carbocycles. The maximum atomic E-state index is 12.7. The summed E-state index contributed by atoms with van der Waals surface area (Å²) in [6, 6.07) is 15.9. The van der Waals surface area contributed by atoms with Crippen molar-refractivity contribution in [1.29, 1.82) is 0 Å². The van der Waals surface area contributed by atoms with Crippen LogP contribution in [-0.4, -0.2) is 18.4 Å². The molecule has 0 aliphatic heterocycles. The predicted molar refractivity (Wildman–Crippen MR) is 84.5 cm³/mol. The lowest BCUT2D eigenvalue weighted by Gasteiger charge is -2.15. The molecule has 2 N–H and O–H groups in total. The van der Waals surface area contributed by atoms with E-state index in [0.717, 1.165) is 5.56 Å². The molecule has 0 radical (unpaired) electrons. The van der Waals surface area contributed by atoms with Gasteiger partial charge in [0.25, 0.3) is 0 Å². The maximum Gasteiger partial charge on any atom is 0.321 e. The summed E-state index contributed by atoms with van der Waals surface area (Å²) >= 11 is 0. The predicted octanol–water partition coefficient (Wildman–Crippen LogP) is 2.67. The van der Waals surface area contributed by atoms with Crippen molar-refractivity contribution in [3.8, 4) is 0 Å². The average Bonchev–Trinajstić information content (AvgIpc) is 2.56. The Kier molecular flexibility index (Phi) is 5.44. The molecule has 0 bridgehead atoms. The quantitative estimate of drug-likeness (QED) is 0.505. The van der Waals surface area contributed by atoms with E-state index in [4.69, 9.17) is 10.5 Å². The van der Waals surface area contributed by atoms with Crippen LogP contribution in [0.5, 0.6) is 0 Å². The van der Waals surface area contributed by atoms with Crippen LogP contribution < -0.4 is 5.73 Å². The number of carbonyl (C=O) groups excluding carboxylic acids is 2. The van der Waals surface area contributed by atoms with E-state index < -0.39 is 11.9 Å². The molecule has 0 saturated heterocycles. The van der Waals surface area contributed by atoms with Gasteiger partial charge in [-0.2, -0.15) is 0 Å². The Morgan fingerprint density at radius 3 is 2.23 bits per heavy atom. The van der Waals surface area contributed by atoms with Crippen molar-refractivity contribution >= 4 is 11.8 Å². The minimum absolute atomic E-state index is 0.234. The van der Waals surface area contributed by atoms with Crippen LogP contribution in [-0.2, 0) is 16.1 Å². The zero-order chi connectivity index (χ0) is 15.9. The molecule has 0 heterocycles. The number of hydrogen-bond donors (Lipinski definition) is 1. The Morgan fingerprint density at radius 1 is 1.05 bits per heavy atom. The average molecular weight is 297 g/mol. The van der Waals surface area contributed by atoms with Crippen molar-refractivity contribution in [2.45, 2.75) is 19.4 Å². The van der Waals surface area contributed by atoms with Gasteiger partial charge < -0.3 is 10.5 Å². The number of rotatable bonds is 6. The smallest absolute Gasteiger partial charge is 0.321 e. The molecule has 0 aliphatic rings. The Balaban J connectivity index is 2.37. The zero-order valence-corrected chi connectivity index (χ0v) is 12.5. The van der Waals surface area contributed by atoms with Gasteiger partial charge in [0, 0.05) is 12.1 Å². The fourth-order valence-electron chi connectivity index (χ4n) is 2.24. The Hall–Kier alpha value is -2.46. The van der Waals surface area contributed by atoms with Crippen LogP contribution in [0.1, 0.15) is 34.3 Å². The van der Waals surface area contributed by atoms with Crippen molar-refractivity contribution in [2.24, 2.45) is 5.73 Å². The topological polar surface area (TPSA) is 69.4 Å². The third-order valence-electron chi connectivity index (χ3n) is 3.39. The fraction of sp³-hybridized carbons (Fsp3) is 0.222. The summed E-state index contributed by atoms with van der Waals surface area (Å²) in [5.74, 6) is -1.74. The number of Topliss-reactive ketones (excluding diaryl/α,β-unsaturated/α-hetero) is 1. The molecular formula is C18H19NO3. The normalized spacial score (nSPS) is 11.7. The van der Waals surface area contributed by atoms with E-state index in [0.29, 0.717) is 17.7 Å². The molecule has 2 aromatic rings. The van der Waals surface area contributed by atoms with Crippen LogP contribution in [0.15, 0.2) is 54.6 Å². The van der Waals surface area contributed by atoms with E-state index in [1.165, 1.54) is 0 Å². The second-order valence-electron chi connectivity index (χ2n) is 4.86. The molecule has 0 fully saturated rings. The number of nitrogens with two attached hydrogens (primary N) is 1. The molecule has 0 amide bonds. The second-order valence-corrected chi connectivity index (χ2v) is 4.86. The lowest BCUT2D eigenvalue weighted by atomic mass is 9.90. The molecule has 22 heavy (non-hydrogen) atoms. The third-order valence-corrected chi connectivity index (χ3v) is 3.39. The molecule has 114 valence electrons. The standard InChI is InChI=1S/C18H19NO3/c1-2-22-18(21)16(14-10-8-13(12-19)9-11-14)17(20)15-6-4-3-5-7-15/h3-11,16H,2,12,19H2,1H3. The highest BCUT2D eigenvalue weighted by molar-refractivity contribution is 6.12. The van der Waals surface area contributed by atoms with E-state index in [2.05, 4.69) is 0 Å². The molecule has 0 spiro atoms. The van der Waals surface area contributed by atoms with Gasteiger partial charge in [0.1, 0.15) is 5.92 Å². The molecule has 4 heteroatoms. The van der Waals surface area contributed by atoms with E-state index in [1.54, 1.807) is 43.3 Å². The van der Waals surface area contributed by atoms with Gasteiger partial charge in [-0.3, -0.25) is 9.59 Å².